The highest BCUT2D eigenvalue weighted by atomic mass is 32.2. The van der Waals surface area contributed by atoms with Crippen LogP contribution in [0.4, 0.5) is 4.39 Å². The van der Waals surface area contributed by atoms with E-state index in [1.54, 1.807) is 23.5 Å². The molecule has 150 valence electrons. The summed E-state index contributed by atoms with van der Waals surface area (Å²) < 4.78 is 21.1. The topological polar surface area (TPSA) is 26.5 Å². The van der Waals surface area contributed by atoms with Crippen LogP contribution in [0.3, 0.4) is 0 Å². The van der Waals surface area contributed by atoms with Crippen molar-refractivity contribution in [3.8, 4) is 0 Å². The van der Waals surface area contributed by atoms with Crippen LogP contribution in [0.15, 0.2) is 76.7 Å². The molecule has 1 unspecified atom stereocenters. The van der Waals surface area contributed by atoms with E-state index in [2.05, 4.69) is 47.4 Å². The van der Waals surface area contributed by atoms with Gasteiger partial charge in [0.1, 0.15) is 18.1 Å². The van der Waals surface area contributed by atoms with E-state index in [0.717, 1.165) is 35.2 Å². The maximum absolute atomic E-state index is 13.0. The van der Waals surface area contributed by atoms with E-state index in [1.165, 1.54) is 22.6 Å². The number of thioether (sulfide) groups is 2. The zero-order valence-electron chi connectivity index (χ0n) is 16.3. The quantitative estimate of drug-likeness (QED) is 0.447. The Kier molecular flexibility index (Phi) is 6.62. The van der Waals surface area contributed by atoms with Gasteiger partial charge in [0.05, 0.1) is 6.04 Å². The molecule has 1 atom stereocenters. The van der Waals surface area contributed by atoms with Crippen LogP contribution in [-0.2, 0) is 17.0 Å². The smallest absolute Gasteiger partial charge is 0.233 e. The first-order chi connectivity index (χ1) is 14.2. The first kappa shape index (κ1) is 20.1. The number of nitrogens with zero attached hydrogens (tertiary/aromatic N) is 2. The zero-order valence-corrected chi connectivity index (χ0v) is 17.9. The van der Waals surface area contributed by atoms with Crippen molar-refractivity contribution in [3.63, 3.8) is 0 Å². The van der Waals surface area contributed by atoms with Crippen molar-refractivity contribution >= 4 is 29.4 Å². The van der Waals surface area contributed by atoms with E-state index >= 15 is 0 Å². The number of benzene rings is 2. The molecule has 1 aliphatic heterocycles. The molecule has 2 heterocycles. The summed E-state index contributed by atoms with van der Waals surface area (Å²) >= 11 is 3.55. The lowest BCUT2D eigenvalue weighted by Gasteiger charge is -2.09. The molecule has 3 nitrogen and oxygen atoms in total. The molecule has 0 saturated carbocycles. The van der Waals surface area contributed by atoms with Gasteiger partial charge in [-0.1, -0.05) is 24.3 Å². The molecule has 1 aromatic heterocycles. The zero-order chi connectivity index (χ0) is 20.1. The molecule has 0 aliphatic carbocycles. The van der Waals surface area contributed by atoms with Gasteiger partial charge in [-0.2, -0.15) is 11.8 Å². The minimum atomic E-state index is -0.194. The maximum atomic E-state index is 13.0. The van der Waals surface area contributed by atoms with Gasteiger partial charge in [-0.3, -0.25) is 0 Å². The van der Waals surface area contributed by atoms with Crippen LogP contribution in [0.2, 0.25) is 0 Å². The highest BCUT2D eigenvalue weighted by Gasteiger charge is 2.22. The molecule has 0 saturated heterocycles. The first-order valence-electron chi connectivity index (χ1n) is 9.52. The Morgan fingerprint density at radius 3 is 2.59 bits per heavy atom. The van der Waals surface area contributed by atoms with Crippen LogP contribution in [0, 0.1) is 5.82 Å². The third-order valence-corrected chi connectivity index (χ3v) is 6.67. The van der Waals surface area contributed by atoms with Gasteiger partial charge in [-0.15, -0.1) is 11.8 Å². The molecule has 0 amide bonds. The van der Waals surface area contributed by atoms with Crippen molar-refractivity contribution in [2.75, 3.05) is 18.6 Å². The molecule has 0 N–H and O–H groups in total. The predicted molar refractivity (Wildman–Crippen MR) is 121 cm³/mol. The van der Waals surface area contributed by atoms with Crippen LogP contribution in [0.25, 0.3) is 0 Å². The number of ether oxygens (including phenoxy) is 1. The fourth-order valence-corrected chi connectivity index (χ4v) is 4.61. The number of hydrogen-bond acceptors (Lipinski definition) is 4. The number of aliphatic imine (C=N–C) groups is 1. The number of rotatable bonds is 8. The van der Waals surface area contributed by atoms with Crippen LogP contribution in [0.5, 0.6) is 0 Å². The minimum absolute atomic E-state index is 0.152. The minimum Gasteiger partial charge on any atom is -0.474 e. The molecule has 6 heteroatoms. The summed E-state index contributed by atoms with van der Waals surface area (Å²) in [7, 11) is 0. The lowest BCUT2D eigenvalue weighted by Crippen LogP contribution is -2.11. The first-order valence-corrected chi connectivity index (χ1v) is 11.9. The summed E-state index contributed by atoms with van der Waals surface area (Å²) in [6, 6.07) is 19.6. The molecule has 3 aromatic rings. The second kappa shape index (κ2) is 9.55. The largest absolute Gasteiger partial charge is 0.474 e. The lowest BCUT2D eigenvalue weighted by molar-refractivity contribution is 0.323. The fraction of sp³-hybridized carbons (Fsp3) is 0.261. The van der Waals surface area contributed by atoms with Crippen molar-refractivity contribution in [1.82, 2.24) is 4.57 Å². The standard InChI is InChI=1S/C23H23FN2OS2/c1-28-21-10-6-17(7-11-21)13-26-12-2-3-22(26)23-25-20(14-27-23)16-29-15-18-4-8-19(24)9-5-18/h2-12,20H,13-16H2,1H3. The lowest BCUT2D eigenvalue weighted by atomic mass is 10.2. The van der Waals surface area contributed by atoms with Gasteiger partial charge in [-0.25, -0.2) is 9.38 Å². The van der Waals surface area contributed by atoms with E-state index in [1.807, 2.05) is 18.2 Å². The average molecular weight is 427 g/mol. The van der Waals surface area contributed by atoms with Gasteiger partial charge < -0.3 is 9.30 Å². The van der Waals surface area contributed by atoms with Crippen molar-refractivity contribution < 1.29 is 9.13 Å². The Bertz CT molecular complexity index is 967. The van der Waals surface area contributed by atoms with Crippen molar-refractivity contribution in [2.24, 2.45) is 4.99 Å². The molecule has 29 heavy (non-hydrogen) atoms. The second-order valence-electron chi connectivity index (χ2n) is 6.91. The number of hydrogen-bond donors (Lipinski definition) is 0. The Morgan fingerprint density at radius 2 is 1.83 bits per heavy atom. The number of halogens is 1. The summed E-state index contributed by atoms with van der Waals surface area (Å²) in [6.45, 7) is 1.41. The summed E-state index contributed by atoms with van der Waals surface area (Å²) in [6.07, 6.45) is 4.16. The van der Waals surface area contributed by atoms with Crippen LogP contribution in [-0.4, -0.2) is 35.1 Å². The van der Waals surface area contributed by atoms with Crippen molar-refractivity contribution in [2.45, 2.75) is 23.2 Å². The van der Waals surface area contributed by atoms with Gasteiger partial charge in [0.15, 0.2) is 0 Å². The van der Waals surface area contributed by atoms with Crippen molar-refractivity contribution in [1.29, 1.82) is 0 Å². The maximum Gasteiger partial charge on any atom is 0.233 e. The van der Waals surface area contributed by atoms with Gasteiger partial charge in [0, 0.05) is 29.1 Å². The Balaban J connectivity index is 1.35. The second-order valence-corrected chi connectivity index (χ2v) is 8.82. The van der Waals surface area contributed by atoms with Crippen LogP contribution >= 0.6 is 23.5 Å². The summed E-state index contributed by atoms with van der Waals surface area (Å²) in [5.74, 6) is 2.27. The SMILES string of the molecule is CSc1ccc(Cn2cccc2C2=NC(CSCc3ccc(F)cc3)CO2)cc1. The monoisotopic (exact) mass is 426 g/mol. The Hall–Kier alpha value is -2.18. The molecule has 0 radical (unpaired) electrons. The van der Waals surface area contributed by atoms with E-state index in [-0.39, 0.29) is 11.9 Å². The van der Waals surface area contributed by atoms with Crippen LogP contribution in [0.1, 0.15) is 16.8 Å². The highest BCUT2D eigenvalue weighted by Crippen LogP contribution is 2.21. The molecule has 2 aromatic carbocycles. The van der Waals surface area contributed by atoms with Gasteiger partial charge >= 0.3 is 0 Å². The highest BCUT2D eigenvalue weighted by molar-refractivity contribution is 7.98. The summed E-state index contributed by atoms with van der Waals surface area (Å²) in [5.41, 5.74) is 3.40. The van der Waals surface area contributed by atoms with Gasteiger partial charge in [0.25, 0.3) is 0 Å². The van der Waals surface area contributed by atoms with E-state index in [0.29, 0.717) is 6.61 Å². The summed E-state index contributed by atoms with van der Waals surface area (Å²) in [4.78, 5) is 6.06. The Morgan fingerprint density at radius 1 is 1.07 bits per heavy atom. The molecular formula is C23H23FN2OS2. The van der Waals surface area contributed by atoms with Crippen LogP contribution < -0.4 is 0 Å². The van der Waals surface area contributed by atoms with E-state index in [4.69, 9.17) is 9.73 Å². The van der Waals surface area contributed by atoms with E-state index in [9.17, 15) is 4.39 Å². The molecule has 1 aliphatic rings. The Labute approximate surface area is 179 Å². The molecule has 4 rings (SSSR count). The average Bonchev–Trinajstić information content (AvgIpc) is 3.39. The van der Waals surface area contributed by atoms with Gasteiger partial charge in [0.2, 0.25) is 5.90 Å². The normalized spacial score (nSPS) is 15.9. The predicted octanol–water partition coefficient (Wildman–Crippen LogP) is 5.48. The van der Waals surface area contributed by atoms with Crippen molar-refractivity contribution in [3.05, 3.63) is 89.5 Å². The number of aromatic nitrogens is 1. The third kappa shape index (κ3) is 5.25. The molecule has 0 spiro atoms. The summed E-state index contributed by atoms with van der Waals surface area (Å²) in [5, 5.41) is 0. The van der Waals surface area contributed by atoms with Gasteiger partial charge in [-0.05, 0) is 53.8 Å². The molecule has 0 fully saturated rings. The molecule has 0 bridgehead atoms. The third-order valence-electron chi connectivity index (χ3n) is 4.77. The molecular weight excluding hydrogens is 403 g/mol. The van der Waals surface area contributed by atoms with E-state index < -0.39 is 0 Å². The fourth-order valence-electron chi connectivity index (χ4n) is 3.21.